The summed E-state index contributed by atoms with van der Waals surface area (Å²) in [4.78, 5) is 13.3. The van der Waals surface area contributed by atoms with Gasteiger partial charge in [-0.1, -0.05) is 30.7 Å². The third-order valence-corrected chi connectivity index (χ3v) is 6.27. The van der Waals surface area contributed by atoms with Gasteiger partial charge in [0.05, 0.1) is 5.25 Å². The molecule has 0 spiro atoms. The molecule has 0 saturated heterocycles. The Morgan fingerprint density at radius 2 is 1.53 bits per heavy atom. The zero-order valence-corrected chi connectivity index (χ0v) is 19.9. The fraction of sp³-hybridized carbons (Fsp3) is 0.167. The van der Waals surface area contributed by atoms with Crippen molar-refractivity contribution in [2.75, 3.05) is 16.0 Å². The van der Waals surface area contributed by atoms with E-state index in [0.29, 0.717) is 22.1 Å². The Hall–Kier alpha value is -3.11. The molecule has 3 aromatic carbocycles. The summed E-state index contributed by atoms with van der Waals surface area (Å²) in [6, 6.07) is 14.8. The Bertz CT molecular complexity index is 1180. The van der Waals surface area contributed by atoms with E-state index >= 15 is 0 Å². The van der Waals surface area contributed by atoms with E-state index in [-0.39, 0.29) is 6.07 Å². The molecule has 3 N–H and O–H groups in total. The number of thiocarbonyl (C=S) groups is 1. The Labute approximate surface area is 204 Å². The van der Waals surface area contributed by atoms with Crippen molar-refractivity contribution in [3.63, 3.8) is 0 Å². The molecule has 4 nitrogen and oxygen atoms in total. The molecule has 3 aromatic rings. The number of halogens is 4. The van der Waals surface area contributed by atoms with Crippen molar-refractivity contribution < 1.29 is 22.4 Å². The van der Waals surface area contributed by atoms with Crippen molar-refractivity contribution in [1.82, 2.24) is 0 Å². The van der Waals surface area contributed by atoms with Crippen molar-refractivity contribution in [3.05, 3.63) is 83.4 Å². The average molecular weight is 508 g/mol. The van der Waals surface area contributed by atoms with Crippen LogP contribution >= 0.6 is 24.0 Å². The molecule has 0 heterocycles. The number of carbonyl (C=O) groups excluding carboxylic acids is 1. The summed E-state index contributed by atoms with van der Waals surface area (Å²) < 4.78 is 54.7. The molecule has 1 atom stereocenters. The maximum absolute atomic E-state index is 13.9. The second-order valence-electron chi connectivity index (χ2n) is 7.32. The summed E-state index contributed by atoms with van der Waals surface area (Å²) in [5, 5.41) is 7.69. The average Bonchev–Trinajstić information content (AvgIpc) is 2.80. The minimum Gasteiger partial charge on any atom is -0.332 e. The number of aryl methyl sites for hydroxylation is 1. The van der Waals surface area contributed by atoms with Crippen LogP contribution in [0.5, 0.6) is 0 Å². The first-order valence-electron chi connectivity index (χ1n) is 10.2. The van der Waals surface area contributed by atoms with Crippen LogP contribution in [0.4, 0.5) is 34.6 Å². The van der Waals surface area contributed by atoms with Crippen LogP contribution in [-0.2, 0) is 4.79 Å². The molecule has 1 unspecified atom stereocenters. The third kappa shape index (κ3) is 6.48. The highest BCUT2D eigenvalue weighted by Crippen LogP contribution is 2.30. The molecule has 34 heavy (non-hydrogen) atoms. The van der Waals surface area contributed by atoms with Gasteiger partial charge >= 0.3 is 0 Å². The summed E-state index contributed by atoms with van der Waals surface area (Å²) in [5.41, 5.74) is 1.46. The lowest BCUT2D eigenvalue weighted by molar-refractivity contribution is -0.115. The SMILES string of the molecule is CCC(Sc1cccc(NC(=S)Nc2ccc(C)cc2)c1)C(=O)Nc1c(F)c(F)cc(F)c1F. The summed E-state index contributed by atoms with van der Waals surface area (Å²) in [5.74, 6) is -7.29. The van der Waals surface area contributed by atoms with Gasteiger partial charge in [-0.2, -0.15) is 0 Å². The van der Waals surface area contributed by atoms with Crippen molar-refractivity contribution in [2.24, 2.45) is 0 Å². The third-order valence-electron chi connectivity index (χ3n) is 4.70. The molecule has 0 saturated carbocycles. The normalized spacial score (nSPS) is 11.6. The molecule has 0 bridgehead atoms. The summed E-state index contributed by atoms with van der Waals surface area (Å²) in [6.07, 6.45) is 0.294. The monoisotopic (exact) mass is 507 g/mol. The fourth-order valence-electron chi connectivity index (χ4n) is 2.95. The van der Waals surface area contributed by atoms with Gasteiger partial charge in [-0.15, -0.1) is 11.8 Å². The molecule has 10 heteroatoms. The van der Waals surface area contributed by atoms with Crippen molar-refractivity contribution in [3.8, 4) is 0 Å². The number of carbonyl (C=O) groups is 1. The summed E-state index contributed by atoms with van der Waals surface area (Å²) in [7, 11) is 0. The predicted octanol–water partition coefficient (Wildman–Crippen LogP) is 6.87. The van der Waals surface area contributed by atoms with Gasteiger partial charge in [-0.3, -0.25) is 4.79 Å². The molecular formula is C24H21F4N3OS2. The molecule has 1 amide bonds. The van der Waals surface area contributed by atoms with E-state index in [2.05, 4.69) is 10.6 Å². The van der Waals surface area contributed by atoms with Crippen LogP contribution in [0.25, 0.3) is 0 Å². The molecule has 0 aliphatic rings. The quantitative estimate of drug-likeness (QED) is 0.141. The van der Waals surface area contributed by atoms with Crippen LogP contribution in [0, 0.1) is 30.2 Å². The Balaban J connectivity index is 1.67. The summed E-state index contributed by atoms with van der Waals surface area (Å²) in [6.45, 7) is 3.69. The lowest BCUT2D eigenvalue weighted by Crippen LogP contribution is -2.26. The molecule has 0 aliphatic carbocycles. The van der Waals surface area contributed by atoms with E-state index in [1.807, 2.05) is 36.5 Å². The molecule has 0 radical (unpaired) electrons. The van der Waals surface area contributed by atoms with Crippen molar-refractivity contribution in [2.45, 2.75) is 30.4 Å². The Morgan fingerprint density at radius 3 is 2.15 bits per heavy atom. The number of hydrogen-bond acceptors (Lipinski definition) is 3. The topological polar surface area (TPSA) is 53.2 Å². The number of rotatable bonds is 7. The Morgan fingerprint density at radius 1 is 0.912 bits per heavy atom. The van der Waals surface area contributed by atoms with Crippen LogP contribution in [-0.4, -0.2) is 16.3 Å². The summed E-state index contributed by atoms with van der Waals surface area (Å²) >= 11 is 6.47. The number of hydrogen-bond donors (Lipinski definition) is 3. The zero-order valence-electron chi connectivity index (χ0n) is 18.2. The fourth-order valence-corrected chi connectivity index (χ4v) is 4.20. The minimum absolute atomic E-state index is 0.0863. The standard InChI is InChI=1S/C24H21F4N3OS2/c1-3-19(23(32)31-22-20(27)17(25)12-18(26)21(22)28)34-16-6-4-5-15(11-16)30-24(33)29-14-9-7-13(2)8-10-14/h4-12,19H,3H2,1-2H3,(H,31,32)(H2,29,30,33). The second kappa shape index (κ2) is 11.3. The van der Waals surface area contributed by atoms with Gasteiger partial charge in [0.25, 0.3) is 0 Å². The molecule has 0 aliphatic heterocycles. The van der Waals surface area contributed by atoms with E-state index in [0.717, 1.165) is 23.0 Å². The predicted molar refractivity (Wildman–Crippen MR) is 132 cm³/mol. The van der Waals surface area contributed by atoms with Gasteiger partial charge in [0.15, 0.2) is 28.4 Å². The first-order valence-corrected chi connectivity index (χ1v) is 11.5. The van der Waals surface area contributed by atoms with E-state index in [1.165, 1.54) is 0 Å². The highest BCUT2D eigenvalue weighted by atomic mass is 32.2. The molecule has 0 aromatic heterocycles. The van der Waals surface area contributed by atoms with Gasteiger partial charge in [0, 0.05) is 22.3 Å². The van der Waals surface area contributed by atoms with E-state index in [4.69, 9.17) is 12.2 Å². The number of nitrogens with one attached hydrogen (secondary N) is 3. The second-order valence-corrected chi connectivity index (χ2v) is 9.00. The number of thioether (sulfide) groups is 1. The van der Waals surface area contributed by atoms with E-state index in [9.17, 15) is 22.4 Å². The van der Waals surface area contributed by atoms with Crippen LogP contribution in [0.2, 0.25) is 0 Å². The van der Waals surface area contributed by atoms with Gasteiger partial charge in [0.2, 0.25) is 5.91 Å². The smallest absolute Gasteiger partial charge is 0.238 e. The maximum Gasteiger partial charge on any atom is 0.238 e. The number of amides is 1. The van der Waals surface area contributed by atoms with Crippen LogP contribution in [0.1, 0.15) is 18.9 Å². The Kier molecular flexibility index (Phi) is 8.51. The van der Waals surface area contributed by atoms with Crippen LogP contribution in [0.3, 0.4) is 0 Å². The molecular weight excluding hydrogens is 486 g/mol. The lowest BCUT2D eigenvalue weighted by atomic mass is 10.2. The van der Waals surface area contributed by atoms with Gasteiger partial charge in [0.1, 0.15) is 5.69 Å². The van der Waals surface area contributed by atoms with Gasteiger partial charge < -0.3 is 16.0 Å². The molecule has 178 valence electrons. The van der Waals surface area contributed by atoms with Crippen molar-refractivity contribution >= 4 is 52.1 Å². The highest BCUT2D eigenvalue weighted by Gasteiger charge is 2.25. The zero-order chi connectivity index (χ0) is 24.8. The maximum atomic E-state index is 13.9. The van der Waals surface area contributed by atoms with E-state index in [1.54, 1.807) is 31.2 Å². The number of anilines is 3. The van der Waals surface area contributed by atoms with Crippen LogP contribution in [0.15, 0.2) is 59.5 Å². The largest absolute Gasteiger partial charge is 0.332 e. The lowest BCUT2D eigenvalue weighted by Gasteiger charge is -2.17. The van der Waals surface area contributed by atoms with Crippen LogP contribution < -0.4 is 16.0 Å². The van der Waals surface area contributed by atoms with Gasteiger partial charge in [-0.05, 0) is 55.9 Å². The first kappa shape index (κ1) is 25.5. The molecule has 0 fully saturated rings. The highest BCUT2D eigenvalue weighted by molar-refractivity contribution is 8.00. The minimum atomic E-state index is -1.66. The van der Waals surface area contributed by atoms with Crippen molar-refractivity contribution in [1.29, 1.82) is 0 Å². The first-order chi connectivity index (χ1) is 16.2. The number of benzene rings is 3. The van der Waals surface area contributed by atoms with E-state index < -0.39 is 40.1 Å². The molecule has 3 rings (SSSR count). The van der Waals surface area contributed by atoms with Gasteiger partial charge in [-0.25, -0.2) is 17.6 Å².